The Morgan fingerprint density at radius 3 is 2.57 bits per heavy atom. The van der Waals surface area contributed by atoms with E-state index in [4.69, 9.17) is 0 Å². The molecule has 2 amide bonds. The first-order chi connectivity index (χ1) is 14.7. The fourth-order valence-corrected chi connectivity index (χ4v) is 5.22. The molecule has 2 aliphatic heterocycles. The molecule has 4 rings (SSSR count). The molecule has 1 saturated heterocycles. The number of nitrogens with one attached hydrogen (secondary N) is 1. The van der Waals surface area contributed by atoms with Gasteiger partial charge < -0.3 is 15.1 Å². The summed E-state index contributed by atoms with van der Waals surface area (Å²) in [6.45, 7) is 6.31. The van der Waals surface area contributed by atoms with Crippen LogP contribution in [0, 0.1) is 0 Å². The number of rotatable bonds is 5. The lowest BCUT2D eigenvalue weighted by Gasteiger charge is -2.22. The van der Waals surface area contributed by atoms with Gasteiger partial charge in [0.2, 0.25) is 0 Å². The third-order valence-electron chi connectivity index (χ3n) is 5.82. The minimum absolute atomic E-state index is 0.0157. The summed E-state index contributed by atoms with van der Waals surface area (Å²) < 4.78 is 0. The quantitative estimate of drug-likeness (QED) is 0.773. The van der Waals surface area contributed by atoms with Crippen molar-refractivity contribution in [1.29, 1.82) is 0 Å². The Hall–Kier alpha value is -2.31. The molecule has 0 aromatic heterocycles. The van der Waals surface area contributed by atoms with Gasteiger partial charge in [-0.2, -0.15) is 0 Å². The van der Waals surface area contributed by atoms with Gasteiger partial charge >= 0.3 is 0 Å². The average molecular weight is 424 g/mol. The highest BCUT2D eigenvalue weighted by Gasteiger charge is 2.27. The van der Waals surface area contributed by atoms with Gasteiger partial charge in [-0.05, 0) is 63.2 Å². The Labute approximate surface area is 182 Å². The van der Waals surface area contributed by atoms with E-state index in [0.29, 0.717) is 24.2 Å². The van der Waals surface area contributed by atoms with Crippen molar-refractivity contribution < 1.29 is 9.59 Å². The fraction of sp³-hybridized carbons (Fsp3) is 0.417. The molecule has 0 saturated carbocycles. The zero-order valence-corrected chi connectivity index (χ0v) is 18.3. The Bertz CT molecular complexity index is 922. The predicted octanol–water partition coefficient (Wildman–Crippen LogP) is 4.42. The summed E-state index contributed by atoms with van der Waals surface area (Å²) in [5.41, 5.74) is 2.12. The van der Waals surface area contributed by atoms with Crippen molar-refractivity contribution in [3.63, 3.8) is 0 Å². The van der Waals surface area contributed by atoms with Crippen LogP contribution in [0.5, 0.6) is 0 Å². The SMILES string of the molecule is CCN1C(=O)c2ccccc2Sc2ccc(C(=O)NCCN3CCCCCC3)cc21. The lowest BCUT2D eigenvalue weighted by atomic mass is 10.1. The van der Waals surface area contributed by atoms with E-state index >= 15 is 0 Å². The maximum absolute atomic E-state index is 13.1. The molecule has 2 aromatic carbocycles. The molecule has 30 heavy (non-hydrogen) atoms. The molecule has 0 atom stereocenters. The highest BCUT2D eigenvalue weighted by molar-refractivity contribution is 7.99. The lowest BCUT2D eigenvalue weighted by Crippen LogP contribution is -2.35. The zero-order chi connectivity index (χ0) is 20.9. The van der Waals surface area contributed by atoms with Gasteiger partial charge in [-0.25, -0.2) is 0 Å². The van der Waals surface area contributed by atoms with Gasteiger partial charge in [0, 0.05) is 35.0 Å². The number of likely N-dealkylation sites (tertiary alicyclic amines) is 1. The summed E-state index contributed by atoms with van der Waals surface area (Å²) >= 11 is 1.58. The smallest absolute Gasteiger partial charge is 0.259 e. The van der Waals surface area contributed by atoms with E-state index in [-0.39, 0.29) is 11.8 Å². The summed E-state index contributed by atoms with van der Waals surface area (Å²) in [7, 11) is 0. The monoisotopic (exact) mass is 423 g/mol. The number of benzene rings is 2. The number of hydrogen-bond acceptors (Lipinski definition) is 4. The van der Waals surface area contributed by atoms with Crippen LogP contribution >= 0.6 is 11.8 Å². The Kier molecular flexibility index (Phi) is 6.75. The first kappa shape index (κ1) is 20.9. The second kappa shape index (κ2) is 9.67. The molecule has 6 heteroatoms. The summed E-state index contributed by atoms with van der Waals surface area (Å²) in [4.78, 5) is 32.0. The summed E-state index contributed by atoms with van der Waals surface area (Å²) in [5.74, 6) is -0.0963. The van der Waals surface area contributed by atoms with Gasteiger partial charge in [-0.15, -0.1) is 0 Å². The molecule has 5 nitrogen and oxygen atoms in total. The van der Waals surface area contributed by atoms with E-state index in [1.54, 1.807) is 16.7 Å². The van der Waals surface area contributed by atoms with Crippen LogP contribution < -0.4 is 10.2 Å². The minimum atomic E-state index is -0.0807. The molecule has 2 aromatic rings. The molecule has 0 bridgehead atoms. The van der Waals surface area contributed by atoms with Gasteiger partial charge in [0.1, 0.15) is 0 Å². The van der Waals surface area contributed by atoms with Crippen LogP contribution in [-0.4, -0.2) is 49.4 Å². The van der Waals surface area contributed by atoms with Gasteiger partial charge in [0.15, 0.2) is 0 Å². The van der Waals surface area contributed by atoms with Crippen molar-refractivity contribution in [3.05, 3.63) is 53.6 Å². The van der Waals surface area contributed by atoms with Crippen molar-refractivity contribution >= 4 is 29.3 Å². The molecule has 1 fully saturated rings. The van der Waals surface area contributed by atoms with Gasteiger partial charge in [0.25, 0.3) is 11.8 Å². The fourth-order valence-electron chi connectivity index (χ4n) is 4.16. The Balaban J connectivity index is 1.48. The van der Waals surface area contributed by atoms with Crippen LogP contribution in [0.4, 0.5) is 5.69 Å². The van der Waals surface area contributed by atoms with Crippen LogP contribution in [0.3, 0.4) is 0 Å². The molecule has 158 valence electrons. The largest absolute Gasteiger partial charge is 0.351 e. The maximum Gasteiger partial charge on any atom is 0.259 e. The lowest BCUT2D eigenvalue weighted by molar-refractivity contribution is 0.0945. The molecular formula is C24H29N3O2S. The van der Waals surface area contributed by atoms with Crippen LogP contribution in [0.1, 0.15) is 53.3 Å². The Morgan fingerprint density at radius 2 is 1.80 bits per heavy atom. The maximum atomic E-state index is 13.1. The second-order valence-corrected chi connectivity index (χ2v) is 8.93. The molecule has 0 spiro atoms. The second-order valence-electron chi connectivity index (χ2n) is 7.84. The molecule has 2 heterocycles. The van der Waals surface area contributed by atoms with Crippen LogP contribution in [0.2, 0.25) is 0 Å². The Morgan fingerprint density at radius 1 is 1.03 bits per heavy atom. The van der Waals surface area contributed by atoms with Crippen LogP contribution in [-0.2, 0) is 0 Å². The van der Waals surface area contributed by atoms with E-state index in [0.717, 1.165) is 35.1 Å². The first-order valence-electron chi connectivity index (χ1n) is 10.9. The number of amides is 2. The average Bonchev–Trinajstić information content (AvgIpc) is 3.09. The predicted molar refractivity (Wildman–Crippen MR) is 122 cm³/mol. The summed E-state index contributed by atoms with van der Waals surface area (Å²) in [5, 5.41) is 3.06. The number of fused-ring (bicyclic) bond motifs is 2. The number of hydrogen-bond donors (Lipinski definition) is 1. The van der Waals surface area contributed by atoms with Crippen molar-refractivity contribution in [1.82, 2.24) is 10.2 Å². The van der Waals surface area contributed by atoms with Gasteiger partial charge in [-0.1, -0.05) is 36.7 Å². The number of carbonyl (C=O) groups is 2. The summed E-state index contributed by atoms with van der Waals surface area (Å²) in [6.07, 6.45) is 5.12. The molecule has 0 radical (unpaired) electrons. The number of nitrogens with zero attached hydrogens (tertiary/aromatic N) is 2. The normalized spacial score (nSPS) is 17.0. The number of carbonyl (C=O) groups excluding carboxylic acids is 2. The number of anilines is 1. The van der Waals surface area contributed by atoms with Crippen molar-refractivity contribution in [2.45, 2.75) is 42.4 Å². The summed E-state index contributed by atoms with van der Waals surface area (Å²) in [6, 6.07) is 13.4. The van der Waals surface area contributed by atoms with Gasteiger partial charge in [0.05, 0.1) is 11.3 Å². The van der Waals surface area contributed by atoms with Crippen molar-refractivity contribution in [3.8, 4) is 0 Å². The third-order valence-corrected chi connectivity index (χ3v) is 6.96. The standard InChI is InChI=1S/C24H29N3O2S/c1-2-27-20-17-18(23(28)25-13-16-26-14-7-3-4-8-15-26)11-12-22(20)30-21-10-6-5-9-19(21)24(27)29/h5-6,9-12,17H,2-4,7-8,13-16H2,1H3,(H,25,28). The van der Waals surface area contributed by atoms with E-state index in [1.165, 1.54) is 25.7 Å². The van der Waals surface area contributed by atoms with E-state index in [9.17, 15) is 9.59 Å². The van der Waals surface area contributed by atoms with Gasteiger partial charge in [-0.3, -0.25) is 9.59 Å². The van der Waals surface area contributed by atoms with Crippen LogP contribution in [0.25, 0.3) is 0 Å². The zero-order valence-electron chi connectivity index (χ0n) is 17.5. The topological polar surface area (TPSA) is 52.7 Å². The third kappa shape index (κ3) is 4.55. The van der Waals surface area contributed by atoms with Crippen molar-refractivity contribution in [2.75, 3.05) is 37.6 Å². The van der Waals surface area contributed by atoms with E-state index in [1.807, 2.05) is 49.4 Å². The van der Waals surface area contributed by atoms with E-state index in [2.05, 4.69) is 10.2 Å². The molecule has 1 N–H and O–H groups in total. The van der Waals surface area contributed by atoms with Crippen molar-refractivity contribution in [2.24, 2.45) is 0 Å². The van der Waals surface area contributed by atoms with Crippen LogP contribution in [0.15, 0.2) is 52.3 Å². The molecule has 2 aliphatic rings. The molecule has 0 aliphatic carbocycles. The molecular weight excluding hydrogens is 394 g/mol. The minimum Gasteiger partial charge on any atom is -0.351 e. The first-order valence-corrected chi connectivity index (χ1v) is 11.7. The van der Waals surface area contributed by atoms with E-state index < -0.39 is 0 Å². The highest BCUT2D eigenvalue weighted by Crippen LogP contribution is 2.41. The highest BCUT2D eigenvalue weighted by atomic mass is 32.2. The molecule has 0 unspecified atom stereocenters.